The molecule has 0 saturated carbocycles. The minimum absolute atomic E-state index is 0.0724. The van der Waals surface area contributed by atoms with Gasteiger partial charge in [-0.1, -0.05) is 30.3 Å². The van der Waals surface area contributed by atoms with Crippen LogP contribution in [0, 0.1) is 5.82 Å². The fraction of sp³-hybridized carbons (Fsp3) is 0.364. The quantitative estimate of drug-likeness (QED) is 0.751. The van der Waals surface area contributed by atoms with Crippen molar-refractivity contribution in [1.29, 1.82) is 0 Å². The summed E-state index contributed by atoms with van der Waals surface area (Å²) in [5.41, 5.74) is 1.72. The predicted molar refractivity (Wildman–Crippen MR) is 111 cm³/mol. The molecule has 0 unspecified atom stereocenters. The van der Waals surface area contributed by atoms with Gasteiger partial charge in [-0.2, -0.15) is 0 Å². The van der Waals surface area contributed by atoms with E-state index in [9.17, 15) is 14.0 Å². The standard InChI is InChI=1S/C22H27FN4O2/c1-17(18-5-3-2-4-6-18)24-15-22(29)27-13-11-26(12-14-27)16-21(28)25-20-9-7-19(23)8-10-20/h2-10,17,24H,11-16H2,1H3,(H,25,28)/t17-/m1/s1. The van der Waals surface area contributed by atoms with E-state index in [2.05, 4.69) is 10.6 Å². The Labute approximate surface area is 170 Å². The van der Waals surface area contributed by atoms with Gasteiger partial charge in [0.05, 0.1) is 13.1 Å². The molecule has 2 aromatic carbocycles. The molecule has 1 saturated heterocycles. The Kier molecular flexibility index (Phi) is 7.32. The maximum Gasteiger partial charge on any atom is 0.238 e. The minimum atomic E-state index is -0.337. The average molecular weight is 398 g/mol. The Morgan fingerprint density at radius 1 is 1.00 bits per heavy atom. The second kappa shape index (κ2) is 10.1. The van der Waals surface area contributed by atoms with Crippen LogP contribution in [0.5, 0.6) is 0 Å². The molecule has 0 bridgehead atoms. The summed E-state index contributed by atoms with van der Waals surface area (Å²) in [6.07, 6.45) is 0. The van der Waals surface area contributed by atoms with Crippen LogP contribution in [0.25, 0.3) is 0 Å². The summed E-state index contributed by atoms with van der Waals surface area (Å²) in [5, 5.41) is 6.04. The monoisotopic (exact) mass is 398 g/mol. The van der Waals surface area contributed by atoms with Crippen LogP contribution in [0.2, 0.25) is 0 Å². The largest absolute Gasteiger partial charge is 0.339 e. The van der Waals surface area contributed by atoms with Crippen LogP contribution in [0.3, 0.4) is 0 Å². The van der Waals surface area contributed by atoms with Crippen LogP contribution in [0.15, 0.2) is 54.6 Å². The normalized spacial score (nSPS) is 15.7. The van der Waals surface area contributed by atoms with Crippen molar-refractivity contribution >= 4 is 17.5 Å². The van der Waals surface area contributed by atoms with E-state index in [1.807, 2.05) is 47.1 Å². The van der Waals surface area contributed by atoms with Crippen molar-refractivity contribution in [2.24, 2.45) is 0 Å². The highest BCUT2D eigenvalue weighted by Crippen LogP contribution is 2.11. The van der Waals surface area contributed by atoms with Crippen LogP contribution < -0.4 is 10.6 Å². The molecule has 154 valence electrons. The number of anilines is 1. The van der Waals surface area contributed by atoms with Gasteiger partial charge in [0.1, 0.15) is 5.82 Å². The Balaban J connectivity index is 1.37. The molecule has 1 aliphatic heterocycles. The van der Waals surface area contributed by atoms with E-state index in [-0.39, 0.29) is 30.2 Å². The fourth-order valence-corrected chi connectivity index (χ4v) is 3.30. The molecule has 0 aliphatic carbocycles. The van der Waals surface area contributed by atoms with Gasteiger partial charge in [0.15, 0.2) is 0 Å². The van der Waals surface area contributed by atoms with E-state index in [1.165, 1.54) is 24.3 Å². The lowest BCUT2D eigenvalue weighted by atomic mass is 10.1. The third-order valence-corrected chi connectivity index (χ3v) is 5.08. The molecule has 2 aromatic rings. The summed E-state index contributed by atoms with van der Waals surface area (Å²) in [6, 6.07) is 15.8. The number of benzene rings is 2. The smallest absolute Gasteiger partial charge is 0.238 e. The molecule has 0 radical (unpaired) electrons. The van der Waals surface area contributed by atoms with E-state index < -0.39 is 0 Å². The highest BCUT2D eigenvalue weighted by atomic mass is 19.1. The molecule has 6 nitrogen and oxygen atoms in total. The van der Waals surface area contributed by atoms with Crippen molar-refractivity contribution in [3.05, 3.63) is 66.0 Å². The van der Waals surface area contributed by atoms with E-state index in [0.29, 0.717) is 38.4 Å². The molecule has 1 aliphatic rings. The molecule has 1 heterocycles. The van der Waals surface area contributed by atoms with Gasteiger partial charge >= 0.3 is 0 Å². The summed E-state index contributed by atoms with van der Waals surface area (Å²) in [6.45, 7) is 5.09. The first-order valence-electron chi connectivity index (χ1n) is 9.85. The van der Waals surface area contributed by atoms with Gasteiger partial charge in [0, 0.05) is 37.9 Å². The third-order valence-electron chi connectivity index (χ3n) is 5.08. The molecule has 7 heteroatoms. The second-order valence-corrected chi connectivity index (χ2v) is 7.23. The highest BCUT2D eigenvalue weighted by Gasteiger charge is 2.22. The number of carbonyl (C=O) groups excluding carboxylic acids is 2. The van der Waals surface area contributed by atoms with E-state index in [0.717, 1.165) is 5.56 Å². The molecule has 2 amide bonds. The van der Waals surface area contributed by atoms with Gasteiger partial charge in [-0.25, -0.2) is 4.39 Å². The number of amides is 2. The highest BCUT2D eigenvalue weighted by molar-refractivity contribution is 5.92. The zero-order chi connectivity index (χ0) is 20.6. The third kappa shape index (κ3) is 6.37. The zero-order valence-electron chi connectivity index (χ0n) is 16.6. The first-order chi connectivity index (χ1) is 14.0. The molecule has 2 N–H and O–H groups in total. The predicted octanol–water partition coefficient (Wildman–Crippen LogP) is 2.26. The number of hydrogen-bond acceptors (Lipinski definition) is 4. The van der Waals surface area contributed by atoms with Gasteiger partial charge < -0.3 is 15.5 Å². The molecule has 1 atom stereocenters. The second-order valence-electron chi connectivity index (χ2n) is 7.23. The van der Waals surface area contributed by atoms with Gasteiger partial charge in [-0.05, 0) is 36.8 Å². The summed E-state index contributed by atoms with van der Waals surface area (Å²) < 4.78 is 12.9. The molecular formula is C22H27FN4O2. The van der Waals surface area contributed by atoms with E-state index >= 15 is 0 Å². The number of halogens is 1. The lowest BCUT2D eigenvalue weighted by molar-refractivity contribution is -0.132. The lowest BCUT2D eigenvalue weighted by Gasteiger charge is -2.34. The number of piperazine rings is 1. The number of carbonyl (C=O) groups is 2. The average Bonchev–Trinajstić information content (AvgIpc) is 2.74. The van der Waals surface area contributed by atoms with Crippen molar-refractivity contribution in [3.63, 3.8) is 0 Å². The first-order valence-corrected chi connectivity index (χ1v) is 9.85. The van der Waals surface area contributed by atoms with E-state index in [1.54, 1.807) is 0 Å². The van der Waals surface area contributed by atoms with E-state index in [4.69, 9.17) is 0 Å². The summed E-state index contributed by atoms with van der Waals surface area (Å²) >= 11 is 0. The van der Waals surface area contributed by atoms with Crippen LogP contribution in [-0.2, 0) is 9.59 Å². The van der Waals surface area contributed by atoms with Crippen LogP contribution in [0.4, 0.5) is 10.1 Å². The van der Waals surface area contributed by atoms with Crippen molar-refractivity contribution < 1.29 is 14.0 Å². The summed E-state index contributed by atoms with van der Waals surface area (Å²) in [7, 11) is 0. The Bertz CT molecular complexity index is 805. The van der Waals surface area contributed by atoms with Crippen molar-refractivity contribution in [2.75, 3.05) is 44.6 Å². The topological polar surface area (TPSA) is 64.7 Å². The number of rotatable bonds is 7. The van der Waals surface area contributed by atoms with Crippen LogP contribution in [-0.4, -0.2) is 60.9 Å². The molecule has 0 aromatic heterocycles. The fourth-order valence-electron chi connectivity index (χ4n) is 3.30. The lowest BCUT2D eigenvalue weighted by Crippen LogP contribution is -2.52. The molecule has 1 fully saturated rings. The van der Waals surface area contributed by atoms with Crippen molar-refractivity contribution in [2.45, 2.75) is 13.0 Å². The Morgan fingerprint density at radius 2 is 1.66 bits per heavy atom. The minimum Gasteiger partial charge on any atom is -0.339 e. The van der Waals surface area contributed by atoms with Crippen molar-refractivity contribution in [1.82, 2.24) is 15.1 Å². The summed E-state index contributed by atoms with van der Waals surface area (Å²) in [4.78, 5) is 28.5. The Hall–Kier alpha value is -2.77. The number of hydrogen-bond donors (Lipinski definition) is 2. The molecular weight excluding hydrogens is 371 g/mol. The van der Waals surface area contributed by atoms with Crippen LogP contribution in [0.1, 0.15) is 18.5 Å². The number of nitrogens with one attached hydrogen (secondary N) is 2. The first kappa shape index (κ1) is 21.0. The van der Waals surface area contributed by atoms with Gasteiger partial charge in [0.2, 0.25) is 11.8 Å². The van der Waals surface area contributed by atoms with Crippen molar-refractivity contribution in [3.8, 4) is 0 Å². The van der Waals surface area contributed by atoms with Gasteiger partial charge in [-0.15, -0.1) is 0 Å². The SMILES string of the molecule is C[C@@H](NCC(=O)N1CCN(CC(=O)Nc2ccc(F)cc2)CC1)c1ccccc1. The molecule has 3 rings (SSSR count). The van der Waals surface area contributed by atoms with Gasteiger partial charge in [0.25, 0.3) is 0 Å². The Morgan fingerprint density at radius 3 is 2.31 bits per heavy atom. The maximum atomic E-state index is 12.9. The maximum absolute atomic E-state index is 12.9. The van der Waals surface area contributed by atoms with Gasteiger partial charge in [-0.3, -0.25) is 14.5 Å². The number of nitrogens with zero attached hydrogens (tertiary/aromatic N) is 2. The zero-order valence-corrected chi connectivity index (χ0v) is 16.6. The van der Waals surface area contributed by atoms with Crippen LogP contribution >= 0.6 is 0 Å². The summed E-state index contributed by atoms with van der Waals surface area (Å²) in [5.74, 6) is -0.408. The molecule has 0 spiro atoms. The molecule has 29 heavy (non-hydrogen) atoms.